The number of piperidine rings is 1. The van der Waals surface area contributed by atoms with Gasteiger partial charge in [0.2, 0.25) is 0 Å². The molecule has 152 valence electrons. The van der Waals surface area contributed by atoms with Crippen LogP contribution in [0.25, 0.3) is 0 Å². The largest absolute Gasteiger partial charge is 0.356 e. The van der Waals surface area contributed by atoms with Crippen molar-refractivity contribution in [2.24, 2.45) is 4.99 Å². The van der Waals surface area contributed by atoms with Crippen LogP contribution in [-0.4, -0.2) is 43.6 Å². The summed E-state index contributed by atoms with van der Waals surface area (Å²) in [6.07, 6.45) is 3.08. The molecule has 2 N–H and O–H groups in total. The average Bonchev–Trinajstić information content (AvgIpc) is 2.71. The predicted molar refractivity (Wildman–Crippen MR) is 125 cm³/mol. The molecule has 0 amide bonds. The van der Waals surface area contributed by atoms with Gasteiger partial charge in [0, 0.05) is 39.3 Å². The number of halogens is 2. The smallest absolute Gasteiger partial charge is 0.191 e. The lowest BCUT2D eigenvalue weighted by atomic mass is 10.0. The zero-order chi connectivity index (χ0) is 18.9. The quantitative estimate of drug-likeness (QED) is 0.363. The molecule has 1 fully saturated rings. The normalized spacial score (nSPS) is 15.7. The van der Waals surface area contributed by atoms with E-state index in [1.807, 2.05) is 12.1 Å². The fourth-order valence-electron chi connectivity index (χ4n) is 3.44. The summed E-state index contributed by atoms with van der Waals surface area (Å²) in [5.74, 6) is 0.654. The van der Waals surface area contributed by atoms with Crippen molar-refractivity contribution in [1.82, 2.24) is 15.5 Å². The molecule has 1 aliphatic heterocycles. The molecule has 0 unspecified atom stereocenters. The molecule has 0 radical (unpaired) electrons. The predicted octanol–water partition coefficient (Wildman–Crippen LogP) is 3.82. The second-order valence-electron chi connectivity index (χ2n) is 7.06. The molecule has 0 aliphatic carbocycles. The van der Waals surface area contributed by atoms with Crippen LogP contribution in [0, 0.1) is 5.82 Å². The number of likely N-dealkylation sites (tertiary alicyclic amines) is 1. The van der Waals surface area contributed by atoms with E-state index in [1.54, 1.807) is 7.05 Å². The third-order valence-electron chi connectivity index (χ3n) is 5.02. The highest BCUT2D eigenvalue weighted by molar-refractivity contribution is 14.0. The number of hydrogen-bond donors (Lipinski definition) is 2. The van der Waals surface area contributed by atoms with E-state index in [4.69, 9.17) is 0 Å². The van der Waals surface area contributed by atoms with Crippen molar-refractivity contribution in [2.45, 2.75) is 31.8 Å². The van der Waals surface area contributed by atoms with Gasteiger partial charge in [-0.1, -0.05) is 42.5 Å². The molecular weight excluding hydrogens is 466 g/mol. The summed E-state index contributed by atoms with van der Waals surface area (Å²) in [7, 11) is 1.80. The Morgan fingerprint density at radius 3 is 2.36 bits per heavy atom. The molecule has 3 rings (SSSR count). The van der Waals surface area contributed by atoms with Crippen LogP contribution in [0.4, 0.5) is 4.39 Å². The standard InChI is InChI=1S/C22H29FN4.HI/c1-24-22(25-14-11-18-7-9-20(23)10-8-18)26-21-12-15-27(16-13-21)17-19-5-3-2-4-6-19;/h2-10,21H,11-17H2,1H3,(H2,24,25,26);1H. The monoisotopic (exact) mass is 496 g/mol. The van der Waals surface area contributed by atoms with Crippen molar-refractivity contribution in [3.05, 3.63) is 71.5 Å². The molecule has 1 heterocycles. The van der Waals surface area contributed by atoms with Gasteiger partial charge >= 0.3 is 0 Å². The lowest BCUT2D eigenvalue weighted by Gasteiger charge is -2.33. The maximum Gasteiger partial charge on any atom is 0.191 e. The Kier molecular flexibility index (Phi) is 9.70. The SMILES string of the molecule is CN=C(NCCc1ccc(F)cc1)NC1CCN(Cc2ccccc2)CC1.I. The highest BCUT2D eigenvalue weighted by atomic mass is 127. The van der Waals surface area contributed by atoms with E-state index in [0.717, 1.165) is 57.0 Å². The van der Waals surface area contributed by atoms with Gasteiger partial charge in [-0.25, -0.2) is 4.39 Å². The molecule has 0 spiro atoms. The Morgan fingerprint density at radius 2 is 1.71 bits per heavy atom. The van der Waals surface area contributed by atoms with E-state index in [-0.39, 0.29) is 29.8 Å². The third kappa shape index (κ3) is 7.39. The summed E-state index contributed by atoms with van der Waals surface area (Å²) >= 11 is 0. The van der Waals surface area contributed by atoms with Crippen LogP contribution in [0.2, 0.25) is 0 Å². The first-order chi connectivity index (χ1) is 13.2. The fourth-order valence-corrected chi connectivity index (χ4v) is 3.44. The maximum atomic E-state index is 13.0. The highest BCUT2D eigenvalue weighted by Gasteiger charge is 2.19. The summed E-state index contributed by atoms with van der Waals surface area (Å²) in [6.45, 7) is 3.99. The van der Waals surface area contributed by atoms with Crippen LogP contribution in [-0.2, 0) is 13.0 Å². The number of hydrogen-bond acceptors (Lipinski definition) is 2. The molecule has 0 aromatic heterocycles. The molecule has 28 heavy (non-hydrogen) atoms. The van der Waals surface area contributed by atoms with Crippen molar-refractivity contribution >= 4 is 29.9 Å². The summed E-state index contributed by atoms with van der Waals surface area (Å²) in [5, 5.41) is 6.90. The topological polar surface area (TPSA) is 39.7 Å². The Hall–Kier alpha value is -1.67. The Balaban J connectivity index is 0.00000280. The Morgan fingerprint density at radius 1 is 1.04 bits per heavy atom. The second-order valence-corrected chi connectivity index (χ2v) is 7.06. The van der Waals surface area contributed by atoms with E-state index in [0.29, 0.717) is 6.04 Å². The van der Waals surface area contributed by atoms with Gasteiger partial charge in [0.05, 0.1) is 0 Å². The first-order valence-corrected chi connectivity index (χ1v) is 9.71. The molecule has 1 saturated heterocycles. The lowest BCUT2D eigenvalue weighted by molar-refractivity contribution is 0.198. The van der Waals surface area contributed by atoms with Gasteiger partial charge in [0.1, 0.15) is 5.82 Å². The number of guanidine groups is 1. The second kappa shape index (κ2) is 12.0. The number of benzene rings is 2. The van der Waals surface area contributed by atoms with E-state index in [2.05, 4.69) is 50.9 Å². The molecule has 2 aromatic rings. The molecule has 0 bridgehead atoms. The number of rotatable bonds is 6. The van der Waals surface area contributed by atoms with Crippen LogP contribution >= 0.6 is 24.0 Å². The van der Waals surface area contributed by atoms with Crippen molar-refractivity contribution in [1.29, 1.82) is 0 Å². The van der Waals surface area contributed by atoms with Crippen LogP contribution in [0.5, 0.6) is 0 Å². The maximum absolute atomic E-state index is 13.0. The minimum Gasteiger partial charge on any atom is -0.356 e. The molecule has 1 aliphatic rings. The van der Waals surface area contributed by atoms with Gasteiger partial charge in [0.15, 0.2) is 5.96 Å². The van der Waals surface area contributed by atoms with E-state index < -0.39 is 0 Å². The van der Waals surface area contributed by atoms with Crippen LogP contribution in [0.15, 0.2) is 59.6 Å². The summed E-state index contributed by atoms with van der Waals surface area (Å²) in [4.78, 5) is 6.85. The van der Waals surface area contributed by atoms with E-state index in [1.165, 1.54) is 17.7 Å². The zero-order valence-electron chi connectivity index (χ0n) is 16.4. The zero-order valence-corrected chi connectivity index (χ0v) is 18.7. The Bertz CT molecular complexity index is 713. The van der Waals surface area contributed by atoms with Gasteiger partial charge in [-0.15, -0.1) is 24.0 Å². The highest BCUT2D eigenvalue weighted by Crippen LogP contribution is 2.13. The van der Waals surface area contributed by atoms with Gasteiger partial charge in [-0.2, -0.15) is 0 Å². The van der Waals surface area contributed by atoms with Crippen molar-refractivity contribution in [3.63, 3.8) is 0 Å². The molecule has 0 saturated carbocycles. The van der Waals surface area contributed by atoms with E-state index >= 15 is 0 Å². The van der Waals surface area contributed by atoms with Gasteiger partial charge < -0.3 is 10.6 Å². The van der Waals surface area contributed by atoms with Crippen molar-refractivity contribution in [2.75, 3.05) is 26.7 Å². The average molecular weight is 496 g/mol. The third-order valence-corrected chi connectivity index (χ3v) is 5.02. The molecule has 4 nitrogen and oxygen atoms in total. The van der Waals surface area contributed by atoms with Crippen LogP contribution in [0.1, 0.15) is 24.0 Å². The molecular formula is C22H30FIN4. The first-order valence-electron chi connectivity index (χ1n) is 9.71. The fraction of sp³-hybridized carbons (Fsp3) is 0.409. The lowest BCUT2D eigenvalue weighted by Crippen LogP contribution is -2.48. The summed E-state index contributed by atoms with van der Waals surface area (Å²) < 4.78 is 13.0. The van der Waals surface area contributed by atoms with Crippen molar-refractivity contribution in [3.8, 4) is 0 Å². The van der Waals surface area contributed by atoms with Gasteiger partial charge in [-0.05, 0) is 42.5 Å². The number of nitrogens with one attached hydrogen (secondary N) is 2. The summed E-state index contributed by atoms with van der Waals surface area (Å²) in [5.41, 5.74) is 2.50. The number of nitrogens with zero attached hydrogens (tertiary/aromatic N) is 2. The van der Waals surface area contributed by atoms with Gasteiger partial charge in [-0.3, -0.25) is 9.89 Å². The van der Waals surface area contributed by atoms with E-state index in [9.17, 15) is 4.39 Å². The molecule has 0 atom stereocenters. The van der Waals surface area contributed by atoms with Crippen LogP contribution in [0.3, 0.4) is 0 Å². The number of aliphatic imine (C=N–C) groups is 1. The minimum absolute atomic E-state index is 0. The molecule has 6 heteroatoms. The Labute approximate surface area is 184 Å². The van der Waals surface area contributed by atoms with Crippen molar-refractivity contribution < 1.29 is 4.39 Å². The van der Waals surface area contributed by atoms with Crippen LogP contribution < -0.4 is 10.6 Å². The first kappa shape index (κ1) is 22.6. The summed E-state index contributed by atoms with van der Waals surface area (Å²) in [6, 6.07) is 17.8. The molecule has 2 aromatic carbocycles. The van der Waals surface area contributed by atoms with Gasteiger partial charge in [0.25, 0.3) is 0 Å². The minimum atomic E-state index is -0.192.